The van der Waals surface area contributed by atoms with Gasteiger partial charge in [-0.3, -0.25) is 4.79 Å². The molecule has 2 atom stereocenters. The molecule has 0 spiro atoms. The minimum absolute atomic E-state index is 0.277. The molecule has 2 rings (SSSR count). The molecule has 0 bridgehead atoms. The van der Waals surface area contributed by atoms with E-state index in [1.807, 2.05) is 0 Å². The average molecular weight is 280 g/mol. The van der Waals surface area contributed by atoms with E-state index in [4.69, 9.17) is 5.73 Å². The lowest BCUT2D eigenvalue weighted by atomic mass is 9.81. The summed E-state index contributed by atoms with van der Waals surface area (Å²) in [6.45, 7) is 4.77. The first-order valence-corrected chi connectivity index (χ1v) is 8.73. The maximum Gasteiger partial charge on any atom is 0.225 e. The summed E-state index contributed by atoms with van der Waals surface area (Å²) >= 11 is 0. The third-order valence-corrected chi connectivity index (χ3v) is 5.26. The Morgan fingerprint density at radius 2 is 1.95 bits per heavy atom. The molecular formula is C17H32N2O. The van der Waals surface area contributed by atoms with Gasteiger partial charge in [0.2, 0.25) is 5.91 Å². The van der Waals surface area contributed by atoms with Crippen molar-refractivity contribution in [3.63, 3.8) is 0 Å². The van der Waals surface area contributed by atoms with Crippen LogP contribution in [0.1, 0.15) is 64.7 Å². The smallest absolute Gasteiger partial charge is 0.225 e. The zero-order valence-electron chi connectivity index (χ0n) is 13.2. The number of nitrogens with two attached hydrogens (primary N) is 1. The van der Waals surface area contributed by atoms with Crippen LogP contribution in [0.2, 0.25) is 0 Å². The highest BCUT2D eigenvalue weighted by atomic mass is 16.2. The number of likely N-dealkylation sites (tertiary alicyclic amines) is 1. The number of carbonyl (C=O) groups is 1. The SMILES string of the molecule is CCCC(CC1CCCCC1)C(=O)N1CCC(CN)C1. The second kappa shape index (κ2) is 8.02. The number of amides is 1. The Labute approximate surface area is 124 Å². The molecule has 0 aromatic carbocycles. The van der Waals surface area contributed by atoms with Crippen molar-refractivity contribution >= 4 is 5.91 Å². The van der Waals surface area contributed by atoms with Gasteiger partial charge in [-0.1, -0.05) is 45.4 Å². The fraction of sp³-hybridized carbons (Fsp3) is 0.941. The molecule has 1 aliphatic carbocycles. The molecule has 3 nitrogen and oxygen atoms in total. The molecule has 2 N–H and O–H groups in total. The molecule has 3 heteroatoms. The molecule has 20 heavy (non-hydrogen) atoms. The van der Waals surface area contributed by atoms with Crippen LogP contribution in [-0.4, -0.2) is 30.4 Å². The summed E-state index contributed by atoms with van der Waals surface area (Å²) in [5.41, 5.74) is 5.74. The van der Waals surface area contributed by atoms with Crippen LogP contribution in [-0.2, 0) is 4.79 Å². The molecule has 1 saturated carbocycles. The maximum atomic E-state index is 12.8. The summed E-state index contributed by atoms with van der Waals surface area (Å²) < 4.78 is 0. The zero-order valence-corrected chi connectivity index (χ0v) is 13.2. The van der Waals surface area contributed by atoms with Crippen molar-refractivity contribution in [2.75, 3.05) is 19.6 Å². The van der Waals surface area contributed by atoms with Crippen molar-refractivity contribution in [3.05, 3.63) is 0 Å². The Morgan fingerprint density at radius 3 is 2.55 bits per heavy atom. The monoisotopic (exact) mass is 280 g/mol. The van der Waals surface area contributed by atoms with Crippen LogP contribution < -0.4 is 5.73 Å². The average Bonchev–Trinajstić information content (AvgIpc) is 2.96. The van der Waals surface area contributed by atoms with Crippen LogP contribution in [0.3, 0.4) is 0 Å². The van der Waals surface area contributed by atoms with Crippen LogP contribution in [0.15, 0.2) is 0 Å². The Balaban J connectivity index is 1.87. The van der Waals surface area contributed by atoms with Crippen LogP contribution >= 0.6 is 0 Å². The predicted octanol–water partition coefficient (Wildman–Crippen LogP) is 3.18. The highest BCUT2D eigenvalue weighted by molar-refractivity contribution is 5.79. The van der Waals surface area contributed by atoms with E-state index in [9.17, 15) is 4.79 Å². The number of hydrogen-bond acceptors (Lipinski definition) is 2. The van der Waals surface area contributed by atoms with Crippen molar-refractivity contribution in [1.82, 2.24) is 4.90 Å². The van der Waals surface area contributed by atoms with Gasteiger partial charge in [-0.15, -0.1) is 0 Å². The normalized spacial score (nSPS) is 25.9. The Morgan fingerprint density at radius 1 is 1.20 bits per heavy atom. The summed E-state index contributed by atoms with van der Waals surface area (Å²) in [4.78, 5) is 14.9. The summed E-state index contributed by atoms with van der Waals surface area (Å²) in [6, 6.07) is 0. The standard InChI is InChI=1S/C17H32N2O/c1-2-6-16(11-14-7-4-3-5-8-14)17(20)19-10-9-15(12-18)13-19/h14-16H,2-13,18H2,1H3. The minimum atomic E-state index is 0.277. The van der Waals surface area contributed by atoms with Gasteiger partial charge < -0.3 is 10.6 Å². The molecule has 1 aliphatic heterocycles. The van der Waals surface area contributed by atoms with E-state index in [1.54, 1.807) is 0 Å². The zero-order chi connectivity index (χ0) is 14.4. The van der Waals surface area contributed by atoms with E-state index in [2.05, 4.69) is 11.8 Å². The van der Waals surface area contributed by atoms with Crippen molar-refractivity contribution < 1.29 is 4.79 Å². The Bertz CT molecular complexity index is 299. The summed E-state index contributed by atoms with van der Waals surface area (Å²) in [5.74, 6) is 2.04. The van der Waals surface area contributed by atoms with Gasteiger partial charge in [0, 0.05) is 19.0 Å². The second-order valence-electron chi connectivity index (χ2n) is 6.90. The number of nitrogens with zero attached hydrogens (tertiary/aromatic N) is 1. The lowest BCUT2D eigenvalue weighted by Gasteiger charge is -2.28. The van der Waals surface area contributed by atoms with Gasteiger partial charge in [0.05, 0.1) is 0 Å². The van der Waals surface area contributed by atoms with Crippen LogP contribution in [0, 0.1) is 17.8 Å². The van der Waals surface area contributed by atoms with Gasteiger partial charge in [0.15, 0.2) is 0 Å². The molecule has 2 aliphatic rings. The first-order valence-electron chi connectivity index (χ1n) is 8.73. The topological polar surface area (TPSA) is 46.3 Å². The van der Waals surface area contributed by atoms with E-state index in [1.165, 1.54) is 32.1 Å². The van der Waals surface area contributed by atoms with Crippen molar-refractivity contribution in [3.8, 4) is 0 Å². The maximum absolute atomic E-state index is 12.8. The van der Waals surface area contributed by atoms with Crippen LogP contribution in [0.4, 0.5) is 0 Å². The minimum Gasteiger partial charge on any atom is -0.342 e. The van der Waals surface area contributed by atoms with E-state index in [-0.39, 0.29) is 5.92 Å². The highest BCUT2D eigenvalue weighted by Crippen LogP contribution is 2.32. The van der Waals surface area contributed by atoms with Gasteiger partial charge in [-0.2, -0.15) is 0 Å². The summed E-state index contributed by atoms with van der Waals surface area (Å²) in [5, 5.41) is 0. The highest BCUT2D eigenvalue weighted by Gasteiger charge is 2.31. The fourth-order valence-corrected chi connectivity index (χ4v) is 4.00. The predicted molar refractivity (Wildman–Crippen MR) is 83.3 cm³/mol. The quantitative estimate of drug-likeness (QED) is 0.812. The van der Waals surface area contributed by atoms with Gasteiger partial charge in [-0.25, -0.2) is 0 Å². The van der Waals surface area contributed by atoms with Gasteiger partial charge in [-0.05, 0) is 37.6 Å². The second-order valence-corrected chi connectivity index (χ2v) is 6.90. The molecule has 116 valence electrons. The Hall–Kier alpha value is -0.570. The van der Waals surface area contributed by atoms with E-state index < -0.39 is 0 Å². The lowest BCUT2D eigenvalue weighted by molar-refractivity contribution is -0.135. The molecule has 0 aromatic heterocycles. The molecule has 1 saturated heterocycles. The Kier molecular flexibility index (Phi) is 6.34. The molecule has 2 fully saturated rings. The fourth-order valence-electron chi connectivity index (χ4n) is 4.00. The lowest BCUT2D eigenvalue weighted by Crippen LogP contribution is -2.36. The van der Waals surface area contributed by atoms with E-state index >= 15 is 0 Å². The molecule has 2 unspecified atom stereocenters. The molecule has 1 heterocycles. The van der Waals surface area contributed by atoms with Gasteiger partial charge >= 0.3 is 0 Å². The molecule has 0 aromatic rings. The van der Waals surface area contributed by atoms with E-state index in [0.717, 1.165) is 51.2 Å². The largest absolute Gasteiger partial charge is 0.342 e. The van der Waals surface area contributed by atoms with Gasteiger partial charge in [0.1, 0.15) is 0 Å². The van der Waals surface area contributed by atoms with Crippen LogP contribution in [0.25, 0.3) is 0 Å². The molecule has 1 amide bonds. The first kappa shape index (κ1) is 15.8. The summed E-state index contributed by atoms with van der Waals surface area (Å²) in [6.07, 6.45) is 11.3. The van der Waals surface area contributed by atoms with Crippen molar-refractivity contribution in [1.29, 1.82) is 0 Å². The third kappa shape index (κ3) is 4.21. The number of rotatable bonds is 6. The van der Waals surface area contributed by atoms with Crippen LogP contribution in [0.5, 0.6) is 0 Å². The van der Waals surface area contributed by atoms with Crippen molar-refractivity contribution in [2.45, 2.75) is 64.7 Å². The van der Waals surface area contributed by atoms with E-state index in [0.29, 0.717) is 11.8 Å². The molecule has 0 radical (unpaired) electrons. The van der Waals surface area contributed by atoms with Crippen molar-refractivity contribution in [2.24, 2.45) is 23.5 Å². The summed E-state index contributed by atoms with van der Waals surface area (Å²) in [7, 11) is 0. The third-order valence-electron chi connectivity index (χ3n) is 5.26. The molecular weight excluding hydrogens is 248 g/mol. The first-order chi connectivity index (χ1) is 9.74. The van der Waals surface area contributed by atoms with Gasteiger partial charge in [0.25, 0.3) is 0 Å². The number of carbonyl (C=O) groups excluding carboxylic acids is 1. The number of hydrogen-bond donors (Lipinski definition) is 1.